The summed E-state index contributed by atoms with van der Waals surface area (Å²) in [7, 11) is 2.09. The number of aromatic nitrogens is 4. The highest BCUT2D eigenvalue weighted by Gasteiger charge is 2.41. The Kier molecular flexibility index (Phi) is 7.95. The van der Waals surface area contributed by atoms with E-state index in [9.17, 15) is 0 Å². The number of imidazole rings is 2. The minimum absolute atomic E-state index is 0.575. The predicted molar refractivity (Wildman–Crippen MR) is 150 cm³/mol. The summed E-state index contributed by atoms with van der Waals surface area (Å²) in [5.74, 6) is 2.20. The number of hydrogen-bond acceptors (Lipinski definition) is 4. The molecule has 1 aromatic carbocycles. The van der Waals surface area contributed by atoms with Crippen LogP contribution in [0.2, 0.25) is 0 Å². The summed E-state index contributed by atoms with van der Waals surface area (Å²) in [6.07, 6.45) is 19.3. The summed E-state index contributed by atoms with van der Waals surface area (Å²) < 4.78 is 2.15. The fraction of sp³-hybridized carbons (Fsp3) is 0.613. The van der Waals surface area contributed by atoms with Crippen molar-refractivity contribution in [1.82, 2.24) is 29.7 Å². The van der Waals surface area contributed by atoms with Crippen LogP contribution in [-0.2, 0) is 33.2 Å². The number of rotatable bonds is 9. The molecule has 3 fully saturated rings. The number of nitrogens with one attached hydrogen (secondary N) is 2. The zero-order chi connectivity index (χ0) is 25.8. The molecule has 2 aliphatic heterocycles. The van der Waals surface area contributed by atoms with Gasteiger partial charge in [0.25, 0.3) is 5.82 Å². The second-order valence-electron chi connectivity index (χ2n) is 12.3. The highest BCUT2D eigenvalue weighted by Crippen LogP contribution is 2.42. The molecule has 0 atom stereocenters. The Labute approximate surface area is 228 Å². The monoisotopic (exact) mass is 516 g/mol. The third-order valence-electron chi connectivity index (χ3n) is 9.58. The van der Waals surface area contributed by atoms with Gasteiger partial charge >= 0.3 is 0 Å². The number of aromatic amines is 2. The van der Waals surface area contributed by atoms with Gasteiger partial charge in [-0.15, -0.1) is 0 Å². The van der Waals surface area contributed by atoms with Gasteiger partial charge in [-0.25, -0.2) is 14.5 Å². The number of aryl methyl sites for hydroxylation is 1. The summed E-state index contributed by atoms with van der Waals surface area (Å²) in [4.78, 5) is 19.1. The Balaban J connectivity index is 1.02. The van der Waals surface area contributed by atoms with Crippen LogP contribution in [0.4, 0.5) is 0 Å². The van der Waals surface area contributed by atoms with Crippen LogP contribution in [0.1, 0.15) is 74.1 Å². The van der Waals surface area contributed by atoms with Gasteiger partial charge in [0.15, 0.2) is 0 Å². The third kappa shape index (κ3) is 6.22. The van der Waals surface area contributed by atoms with Crippen LogP contribution in [0.25, 0.3) is 0 Å². The van der Waals surface area contributed by atoms with Crippen molar-refractivity contribution < 1.29 is 4.57 Å². The highest BCUT2D eigenvalue weighted by atomic mass is 15.2. The normalized spacial score (nSPS) is 21.1. The standard InChI is InChI=1S/C31H45N7/c1-35-20-16-34-30(35)24-37(23-29-32-14-15-33-29)22-27-9-7-26(8-10-27)21-36-17-11-31(25-36)12-18-38(19-13-31)28-5-3-2-4-6-28/h7-10,14-16,20,28H,2-6,11-13,17-19,21-25H2,1H3,(H,32,33)/p+1. The number of likely N-dealkylation sites (tertiary alicyclic amines) is 2. The number of H-pyrrole nitrogens is 2. The zero-order valence-corrected chi connectivity index (χ0v) is 23.2. The Morgan fingerprint density at radius 3 is 2.39 bits per heavy atom. The first-order chi connectivity index (χ1) is 18.6. The minimum atomic E-state index is 0.575. The molecule has 0 radical (unpaired) electrons. The number of piperidine rings is 1. The Morgan fingerprint density at radius 2 is 1.68 bits per heavy atom. The van der Waals surface area contributed by atoms with Gasteiger partial charge in [-0.1, -0.05) is 43.5 Å². The molecule has 0 bridgehead atoms. The average molecular weight is 517 g/mol. The number of benzene rings is 1. The van der Waals surface area contributed by atoms with Crippen molar-refractivity contribution in [3.63, 3.8) is 0 Å². The SMILES string of the molecule is C[n+]1cc[nH]c1CN(Cc1ccc(CN2CCC3(CCN(C4CCCCC4)CC3)C2)cc1)Cc1ncc[nH]1. The predicted octanol–water partition coefficient (Wildman–Crippen LogP) is 4.39. The van der Waals surface area contributed by atoms with Gasteiger partial charge in [0.2, 0.25) is 0 Å². The van der Waals surface area contributed by atoms with Crippen LogP contribution in [0.15, 0.2) is 49.1 Å². The van der Waals surface area contributed by atoms with E-state index in [1.165, 1.54) is 94.5 Å². The molecule has 7 heteroatoms. The van der Waals surface area contributed by atoms with Crippen molar-refractivity contribution in [2.24, 2.45) is 12.5 Å². The molecular weight excluding hydrogens is 470 g/mol. The Morgan fingerprint density at radius 1 is 0.921 bits per heavy atom. The van der Waals surface area contributed by atoms with E-state index in [0.29, 0.717) is 5.41 Å². The van der Waals surface area contributed by atoms with Crippen molar-refractivity contribution in [1.29, 1.82) is 0 Å². The van der Waals surface area contributed by atoms with E-state index in [4.69, 9.17) is 0 Å². The molecular formula is C31H46N7+. The molecule has 38 heavy (non-hydrogen) atoms. The maximum Gasteiger partial charge on any atom is 0.268 e. The van der Waals surface area contributed by atoms with Crippen molar-refractivity contribution >= 4 is 0 Å². The van der Waals surface area contributed by atoms with Gasteiger partial charge in [0.1, 0.15) is 24.8 Å². The highest BCUT2D eigenvalue weighted by molar-refractivity contribution is 5.23. The Bertz CT molecular complexity index is 1120. The lowest BCUT2D eigenvalue weighted by atomic mass is 9.77. The lowest BCUT2D eigenvalue weighted by molar-refractivity contribution is -0.679. The maximum absolute atomic E-state index is 4.46. The molecule has 1 saturated carbocycles. The van der Waals surface area contributed by atoms with Crippen LogP contribution in [0, 0.1) is 5.41 Å². The molecule has 204 valence electrons. The lowest BCUT2D eigenvalue weighted by Gasteiger charge is -2.43. The molecule has 2 aromatic heterocycles. The fourth-order valence-corrected chi connectivity index (χ4v) is 7.22. The molecule has 7 nitrogen and oxygen atoms in total. The van der Waals surface area contributed by atoms with E-state index in [2.05, 4.69) is 71.7 Å². The van der Waals surface area contributed by atoms with Crippen molar-refractivity contribution in [3.05, 3.63) is 71.8 Å². The van der Waals surface area contributed by atoms with Gasteiger partial charge in [0, 0.05) is 38.1 Å². The van der Waals surface area contributed by atoms with Gasteiger partial charge in [0.05, 0.1) is 13.6 Å². The summed E-state index contributed by atoms with van der Waals surface area (Å²) in [6.45, 7) is 8.84. The molecule has 2 saturated heterocycles. The number of nitrogens with zero attached hydrogens (tertiary/aromatic N) is 5. The molecule has 0 amide bonds. The van der Waals surface area contributed by atoms with Crippen LogP contribution < -0.4 is 4.57 Å². The third-order valence-corrected chi connectivity index (χ3v) is 9.58. The summed E-state index contributed by atoms with van der Waals surface area (Å²) in [5.41, 5.74) is 3.37. The van der Waals surface area contributed by atoms with Crippen LogP contribution in [0.3, 0.4) is 0 Å². The van der Waals surface area contributed by atoms with Gasteiger partial charge < -0.3 is 9.88 Å². The molecule has 6 rings (SSSR count). The van der Waals surface area contributed by atoms with Crippen LogP contribution in [-0.4, -0.2) is 61.9 Å². The summed E-state index contributed by atoms with van der Waals surface area (Å²) in [5, 5.41) is 0. The fourth-order valence-electron chi connectivity index (χ4n) is 7.22. The van der Waals surface area contributed by atoms with E-state index in [1.54, 1.807) is 0 Å². The first-order valence-electron chi connectivity index (χ1n) is 14.9. The first-order valence-corrected chi connectivity index (χ1v) is 14.9. The molecule has 3 aliphatic rings. The van der Waals surface area contributed by atoms with Crippen molar-refractivity contribution in [2.45, 2.75) is 83.6 Å². The molecule has 1 aliphatic carbocycles. The minimum Gasteiger partial charge on any atom is -0.348 e. The van der Waals surface area contributed by atoms with Gasteiger partial charge in [-0.05, 0) is 68.3 Å². The van der Waals surface area contributed by atoms with Gasteiger partial charge in [-0.2, -0.15) is 0 Å². The topological polar surface area (TPSA) is 58.1 Å². The molecule has 4 heterocycles. The van der Waals surface area contributed by atoms with E-state index in [1.807, 2.05) is 18.6 Å². The summed E-state index contributed by atoms with van der Waals surface area (Å²) in [6, 6.07) is 10.2. The molecule has 0 unspecified atom stereocenters. The zero-order valence-electron chi connectivity index (χ0n) is 23.2. The largest absolute Gasteiger partial charge is 0.348 e. The molecule has 1 spiro atoms. The smallest absolute Gasteiger partial charge is 0.268 e. The first kappa shape index (κ1) is 25.8. The van der Waals surface area contributed by atoms with E-state index in [-0.39, 0.29) is 0 Å². The Hall–Kier alpha value is -2.48. The van der Waals surface area contributed by atoms with Crippen molar-refractivity contribution in [3.8, 4) is 0 Å². The molecule has 3 aromatic rings. The molecule has 2 N–H and O–H groups in total. The van der Waals surface area contributed by atoms with Crippen LogP contribution in [0.5, 0.6) is 0 Å². The van der Waals surface area contributed by atoms with Crippen LogP contribution >= 0.6 is 0 Å². The summed E-state index contributed by atoms with van der Waals surface area (Å²) >= 11 is 0. The average Bonchev–Trinajstić information content (AvgIpc) is 3.69. The second-order valence-corrected chi connectivity index (χ2v) is 12.3. The quantitative estimate of drug-likeness (QED) is 0.415. The van der Waals surface area contributed by atoms with Gasteiger partial charge in [-0.3, -0.25) is 9.80 Å². The van der Waals surface area contributed by atoms with E-state index >= 15 is 0 Å². The second kappa shape index (κ2) is 11.7. The number of hydrogen-bond donors (Lipinski definition) is 2. The van der Waals surface area contributed by atoms with E-state index < -0.39 is 0 Å². The van der Waals surface area contributed by atoms with Crippen molar-refractivity contribution in [2.75, 3.05) is 26.2 Å². The van der Waals surface area contributed by atoms with E-state index in [0.717, 1.165) is 38.0 Å². The lowest BCUT2D eigenvalue weighted by Crippen LogP contribution is -2.46. The maximum atomic E-state index is 4.46.